The van der Waals surface area contributed by atoms with Crippen molar-refractivity contribution < 1.29 is 64.6 Å². The molecule has 0 saturated carbocycles. The van der Waals surface area contributed by atoms with Gasteiger partial charge in [0.2, 0.25) is 5.91 Å². The van der Waals surface area contributed by atoms with Gasteiger partial charge in [-0.3, -0.25) is 4.79 Å². The van der Waals surface area contributed by atoms with Gasteiger partial charge in [-0.25, -0.2) is 0 Å². The number of carbonyl (C=O) groups is 1. The number of rotatable bonds is 34. The first-order chi connectivity index (χ1) is 28.5. The fraction of sp³-hybridized carbons (Fsp3) is 0.889. The molecule has 0 aromatic heterocycles. The van der Waals surface area contributed by atoms with Gasteiger partial charge in [0.05, 0.1) is 32.0 Å². The minimum Gasteiger partial charge on any atom is -0.394 e. The third-order valence-corrected chi connectivity index (χ3v) is 11.4. The number of allylic oxidation sites excluding steroid dienone is 3. The van der Waals surface area contributed by atoms with Gasteiger partial charge in [0.15, 0.2) is 12.6 Å². The van der Waals surface area contributed by atoms with Crippen LogP contribution in [0.5, 0.6) is 0 Å². The van der Waals surface area contributed by atoms with E-state index in [0.29, 0.717) is 6.42 Å². The number of aliphatic hydroxyl groups is 8. The van der Waals surface area contributed by atoms with E-state index in [-0.39, 0.29) is 6.61 Å². The van der Waals surface area contributed by atoms with Gasteiger partial charge in [0, 0.05) is 6.92 Å². The van der Waals surface area contributed by atoms with Crippen molar-refractivity contribution in [2.75, 3.05) is 19.8 Å². The molecule has 9 N–H and O–H groups in total. The Morgan fingerprint density at radius 2 is 1.05 bits per heavy atom. The zero-order valence-corrected chi connectivity index (χ0v) is 36.2. The summed E-state index contributed by atoms with van der Waals surface area (Å²) in [6.45, 7) is 1.81. The van der Waals surface area contributed by atoms with Crippen molar-refractivity contribution >= 4 is 5.91 Å². The monoisotopic (exact) mass is 846 g/mol. The predicted molar refractivity (Wildman–Crippen MR) is 226 cm³/mol. The van der Waals surface area contributed by atoms with Gasteiger partial charge in [-0.15, -0.1) is 0 Å². The molecule has 0 radical (unpaired) electrons. The highest BCUT2D eigenvalue weighted by atomic mass is 16.7. The summed E-state index contributed by atoms with van der Waals surface area (Å²) in [7, 11) is 0. The second-order valence-electron chi connectivity index (χ2n) is 16.6. The lowest BCUT2D eigenvalue weighted by Crippen LogP contribution is -2.65. The molecule has 0 aromatic carbocycles. The molecule has 2 heterocycles. The van der Waals surface area contributed by atoms with Crippen LogP contribution >= 0.6 is 0 Å². The smallest absolute Gasteiger partial charge is 0.217 e. The van der Waals surface area contributed by atoms with Crippen molar-refractivity contribution in [2.45, 2.75) is 235 Å². The molecule has 346 valence electrons. The van der Waals surface area contributed by atoms with Crippen LogP contribution in [0.4, 0.5) is 0 Å². The first kappa shape index (κ1) is 53.6. The molecule has 2 rings (SSSR count). The molecule has 14 heteroatoms. The normalized spacial score (nSPS) is 28.7. The van der Waals surface area contributed by atoms with E-state index >= 15 is 0 Å². The summed E-state index contributed by atoms with van der Waals surface area (Å²) in [5, 5.41) is 84.9. The molecule has 0 bridgehead atoms. The van der Waals surface area contributed by atoms with E-state index in [0.717, 1.165) is 12.8 Å². The van der Waals surface area contributed by atoms with Crippen molar-refractivity contribution in [1.29, 1.82) is 0 Å². The molecule has 2 fully saturated rings. The Bertz CT molecular complexity index is 1090. The van der Waals surface area contributed by atoms with Gasteiger partial charge in [-0.05, 0) is 25.7 Å². The molecule has 0 aromatic rings. The van der Waals surface area contributed by atoms with Crippen molar-refractivity contribution in [3.05, 3.63) is 24.3 Å². The standard InChI is InChI=1S/C45H83NO13/c1-3-4-5-6-7-8-9-10-11-12-13-14-15-16-17-18-19-20-21-22-23-24-25-26-27-28-29-35(50)34(46-33(2)49)32-56-44-42(55)40(53)43(37(31-48)58-44)59-45-41(54)39(52)38(51)36(30-47)57-45/h24-25,28-29,34-45,47-48,50-55H,3-23,26-27,30-32H2,1-2H3,(H,46,49)/b25-24+,29-28+. The lowest BCUT2D eigenvalue weighted by Gasteiger charge is -2.46. The Hall–Kier alpha value is -1.53. The summed E-state index contributed by atoms with van der Waals surface area (Å²) in [6, 6.07) is -0.929. The fourth-order valence-corrected chi connectivity index (χ4v) is 7.69. The summed E-state index contributed by atoms with van der Waals surface area (Å²) in [5.41, 5.74) is 0. The Labute approximate surface area is 354 Å². The van der Waals surface area contributed by atoms with E-state index in [4.69, 9.17) is 18.9 Å². The van der Waals surface area contributed by atoms with Crippen molar-refractivity contribution in [3.63, 3.8) is 0 Å². The number of hydrogen-bond donors (Lipinski definition) is 9. The second-order valence-corrected chi connectivity index (χ2v) is 16.6. The average Bonchev–Trinajstić information content (AvgIpc) is 3.22. The minimum absolute atomic E-state index is 0.324. The summed E-state index contributed by atoms with van der Waals surface area (Å²) in [6.07, 6.45) is 20.7. The van der Waals surface area contributed by atoms with Gasteiger partial charge >= 0.3 is 0 Å². The van der Waals surface area contributed by atoms with Gasteiger partial charge in [-0.1, -0.05) is 153 Å². The topological polar surface area (TPSA) is 228 Å². The van der Waals surface area contributed by atoms with E-state index in [2.05, 4.69) is 24.4 Å². The van der Waals surface area contributed by atoms with Crippen LogP contribution in [0.1, 0.15) is 162 Å². The largest absolute Gasteiger partial charge is 0.394 e. The zero-order valence-electron chi connectivity index (χ0n) is 36.2. The van der Waals surface area contributed by atoms with Crippen LogP contribution in [0.25, 0.3) is 0 Å². The van der Waals surface area contributed by atoms with Crippen LogP contribution in [-0.2, 0) is 23.7 Å². The molecule has 59 heavy (non-hydrogen) atoms. The first-order valence-corrected chi connectivity index (χ1v) is 23.0. The van der Waals surface area contributed by atoms with Crippen molar-refractivity contribution in [2.24, 2.45) is 0 Å². The first-order valence-electron chi connectivity index (χ1n) is 23.0. The summed E-state index contributed by atoms with van der Waals surface area (Å²) < 4.78 is 22.2. The van der Waals surface area contributed by atoms with E-state index in [1.807, 2.05) is 6.08 Å². The maximum absolute atomic E-state index is 11.9. The van der Waals surface area contributed by atoms with Crippen molar-refractivity contribution in [3.8, 4) is 0 Å². The van der Waals surface area contributed by atoms with E-state index in [1.165, 1.54) is 135 Å². The molecule has 0 spiro atoms. The average molecular weight is 846 g/mol. The van der Waals surface area contributed by atoms with Crippen LogP contribution in [0, 0.1) is 0 Å². The highest BCUT2D eigenvalue weighted by Gasteiger charge is 2.50. The summed E-state index contributed by atoms with van der Waals surface area (Å²) >= 11 is 0. The maximum atomic E-state index is 11.9. The summed E-state index contributed by atoms with van der Waals surface area (Å²) in [4.78, 5) is 11.9. The lowest BCUT2D eigenvalue weighted by molar-refractivity contribution is -0.359. The highest BCUT2D eigenvalue weighted by Crippen LogP contribution is 2.30. The molecule has 1 amide bonds. The second kappa shape index (κ2) is 33.1. The number of ether oxygens (including phenoxy) is 4. The number of unbranched alkanes of at least 4 members (excludes halogenated alkanes) is 21. The number of carbonyl (C=O) groups excluding carboxylic acids is 1. The quantitative estimate of drug-likeness (QED) is 0.0319. The molecule has 2 aliphatic rings. The lowest BCUT2D eigenvalue weighted by atomic mass is 9.97. The fourth-order valence-electron chi connectivity index (χ4n) is 7.69. The van der Waals surface area contributed by atoms with E-state index in [1.54, 1.807) is 6.08 Å². The van der Waals surface area contributed by atoms with Gasteiger partial charge in [0.1, 0.15) is 48.8 Å². The molecule has 0 aliphatic carbocycles. The van der Waals surface area contributed by atoms with Crippen LogP contribution in [-0.4, -0.2) is 140 Å². The molecule has 14 nitrogen and oxygen atoms in total. The van der Waals surface area contributed by atoms with Crippen LogP contribution < -0.4 is 5.32 Å². The molecule has 2 saturated heterocycles. The van der Waals surface area contributed by atoms with Crippen LogP contribution in [0.3, 0.4) is 0 Å². The summed E-state index contributed by atoms with van der Waals surface area (Å²) in [5.74, 6) is -0.426. The third kappa shape index (κ3) is 21.9. The number of amides is 1. The van der Waals surface area contributed by atoms with E-state index < -0.39 is 92.7 Å². The van der Waals surface area contributed by atoms with E-state index in [9.17, 15) is 45.6 Å². The minimum atomic E-state index is -1.78. The number of hydrogen-bond acceptors (Lipinski definition) is 13. The third-order valence-electron chi connectivity index (χ3n) is 11.4. The Kier molecular flexibility index (Phi) is 30.1. The Morgan fingerprint density at radius 3 is 1.56 bits per heavy atom. The number of aliphatic hydroxyl groups excluding tert-OH is 8. The highest BCUT2D eigenvalue weighted by molar-refractivity contribution is 5.73. The van der Waals surface area contributed by atoms with Gasteiger partial charge in [0.25, 0.3) is 0 Å². The van der Waals surface area contributed by atoms with Gasteiger partial charge in [-0.2, -0.15) is 0 Å². The van der Waals surface area contributed by atoms with Gasteiger partial charge < -0.3 is 65.1 Å². The maximum Gasteiger partial charge on any atom is 0.217 e. The predicted octanol–water partition coefficient (Wildman–Crippen LogP) is 4.60. The molecule has 2 aliphatic heterocycles. The van der Waals surface area contributed by atoms with Crippen LogP contribution in [0.2, 0.25) is 0 Å². The molecule has 12 atom stereocenters. The number of nitrogens with one attached hydrogen (secondary N) is 1. The van der Waals surface area contributed by atoms with Crippen LogP contribution in [0.15, 0.2) is 24.3 Å². The SMILES string of the molecule is CCCCCCCCCCCCCCCCCCCCCC/C=C/CC/C=C/C(O)C(COC1OC(CO)C(OC2OC(CO)C(O)C(O)C2O)C(O)C1O)NC(C)=O. The Balaban J connectivity index is 1.57. The van der Waals surface area contributed by atoms with Crippen molar-refractivity contribution in [1.82, 2.24) is 5.32 Å². The zero-order chi connectivity index (χ0) is 43.3. The molecular formula is C45H83NO13. The molecular weight excluding hydrogens is 762 g/mol. The molecule has 12 unspecified atom stereocenters. The Morgan fingerprint density at radius 1 is 0.593 bits per heavy atom.